The number of pyridine rings is 1. The average molecular weight is 504 g/mol. The Morgan fingerprint density at radius 2 is 1.76 bits per heavy atom. The van der Waals surface area contributed by atoms with Gasteiger partial charge in [0.25, 0.3) is 0 Å². The maximum absolute atomic E-state index is 11.3. The van der Waals surface area contributed by atoms with E-state index < -0.39 is 6.10 Å². The van der Waals surface area contributed by atoms with Crippen LogP contribution in [0.2, 0.25) is 0 Å². The number of aromatic nitrogens is 2. The predicted octanol–water partition coefficient (Wildman–Crippen LogP) is 8.05. The summed E-state index contributed by atoms with van der Waals surface area (Å²) in [6, 6.07) is 14.0. The number of aliphatic hydroxyl groups is 1. The molecule has 6 heteroatoms. The third-order valence-corrected chi connectivity index (χ3v) is 6.27. The topological polar surface area (TPSA) is 38.0 Å². The van der Waals surface area contributed by atoms with Gasteiger partial charge in [-0.1, -0.05) is 80.0 Å². The smallest absolute Gasteiger partial charge is 0.106 e. The van der Waals surface area contributed by atoms with Crippen LogP contribution < -0.4 is 0 Å². The van der Waals surface area contributed by atoms with Gasteiger partial charge >= 0.3 is 0 Å². The zero-order chi connectivity index (χ0) is 24.4. The molecule has 0 fully saturated rings. The van der Waals surface area contributed by atoms with E-state index in [1.807, 2.05) is 60.9 Å². The Hall–Kier alpha value is -1.98. The highest BCUT2D eigenvalue weighted by Gasteiger charge is 2.27. The van der Waals surface area contributed by atoms with Crippen molar-refractivity contribution >= 4 is 35.0 Å². The van der Waals surface area contributed by atoms with Crippen LogP contribution in [0.3, 0.4) is 0 Å². The summed E-state index contributed by atoms with van der Waals surface area (Å²) in [5, 5.41) is 13.1. The van der Waals surface area contributed by atoms with E-state index in [-0.39, 0.29) is 5.92 Å². The molecule has 0 aliphatic carbocycles. The van der Waals surface area contributed by atoms with Crippen molar-refractivity contribution in [3.63, 3.8) is 0 Å². The standard InChI is InChI=1S/C24H27ClN2OS.C3H5Cl/c1-17(2)21-22(23(28)20-8-5-4-6-9-20)18(3)27(24(21)29-15-7-12-25)16-19-10-13-26-14-11-19;1-3(2)4/h4-14,17,23,28H,15-16H2,1-3H3;1H2,2H3/b12-7+;. The number of hydrogen-bond donors (Lipinski definition) is 1. The van der Waals surface area contributed by atoms with Crippen LogP contribution in [-0.4, -0.2) is 20.4 Å². The van der Waals surface area contributed by atoms with Crippen molar-refractivity contribution in [3.8, 4) is 0 Å². The van der Waals surface area contributed by atoms with E-state index in [0.29, 0.717) is 5.03 Å². The molecule has 1 aromatic carbocycles. The lowest BCUT2D eigenvalue weighted by Gasteiger charge is -2.16. The minimum atomic E-state index is -0.657. The van der Waals surface area contributed by atoms with Gasteiger partial charge in [0.05, 0.1) is 5.03 Å². The highest BCUT2D eigenvalue weighted by molar-refractivity contribution is 7.99. The number of allylic oxidation sites excluding steroid dienone is 1. The average Bonchev–Trinajstić information content (AvgIpc) is 3.06. The molecule has 3 aromatic rings. The van der Waals surface area contributed by atoms with E-state index in [9.17, 15) is 5.11 Å². The van der Waals surface area contributed by atoms with E-state index in [1.54, 1.807) is 24.2 Å². The Kier molecular flexibility index (Phi) is 11.3. The molecule has 0 aliphatic rings. The van der Waals surface area contributed by atoms with Crippen molar-refractivity contribution in [2.45, 2.75) is 51.3 Å². The second-order valence-electron chi connectivity index (χ2n) is 7.98. The highest BCUT2D eigenvalue weighted by atomic mass is 35.5. The van der Waals surface area contributed by atoms with Gasteiger partial charge in [0.1, 0.15) is 6.10 Å². The summed E-state index contributed by atoms with van der Waals surface area (Å²) in [4.78, 5) is 4.13. The molecule has 0 aliphatic heterocycles. The SMILES string of the molecule is C=C(C)Cl.Cc1c(C(O)c2ccccc2)c(C(C)C)c(SC/C=C/Cl)n1Cc1ccncc1. The highest BCUT2D eigenvalue weighted by Crippen LogP contribution is 2.41. The molecule has 1 unspecified atom stereocenters. The number of thioether (sulfide) groups is 1. The van der Waals surface area contributed by atoms with Crippen LogP contribution in [0, 0.1) is 6.92 Å². The summed E-state index contributed by atoms with van der Waals surface area (Å²) < 4.78 is 2.32. The fourth-order valence-corrected chi connectivity index (χ4v) is 5.04. The molecule has 1 N–H and O–H groups in total. The summed E-state index contributed by atoms with van der Waals surface area (Å²) in [5.41, 5.74) is 6.97. The van der Waals surface area contributed by atoms with Gasteiger partial charge in [0, 0.05) is 46.5 Å². The molecular formula is C27H32Cl2N2OS. The third-order valence-electron chi connectivity index (χ3n) is 5.02. The van der Waals surface area contributed by atoms with Crippen molar-refractivity contribution in [2.75, 3.05) is 5.75 Å². The van der Waals surface area contributed by atoms with Crippen LogP contribution in [0.25, 0.3) is 0 Å². The Morgan fingerprint density at radius 1 is 1.15 bits per heavy atom. The van der Waals surface area contributed by atoms with Crippen LogP contribution in [-0.2, 0) is 6.54 Å². The van der Waals surface area contributed by atoms with E-state index in [1.165, 1.54) is 16.2 Å². The van der Waals surface area contributed by atoms with Crippen molar-refractivity contribution in [3.05, 3.63) is 106 Å². The third kappa shape index (κ3) is 7.79. The number of aliphatic hydroxyl groups excluding tert-OH is 1. The summed E-state index contributed by atoms with van der Waals surface area (Å²) in [6.07, 6.45) is 4.93. The van der Waals surface area contributed by atoms with Gasteiger partial charge in [-0.05, 0) is 48.6 Å². The number of rotatable bonds is 8. The van der Waals surface area contributed by atoms with E-state index in [2.05, 4.69) is 36.9 Å². The Bertz CT molecular complexity index is 1040. The minimum Gasteiger partial charge on any atom is -0.384 e. The molecule has 0 radical (unpaired) electrons. The van der Waals surface area contributed by atoms with Crippen LogP contribution >= 0.6 is 35.0 Å². The van der Waals surface area contributed by atoms with Gasteiger partial charge < -0.3 is 9.67 Å². The fraction of sp³-hybridized carbons (Fsp3) is 0.296. The lowest BCUT2D eigenvalue weighted by molar-refractivity contribution is 0.218. The number of benzene rings is 1. The Balaban J connectivity index is 0.000000890. The summed E-state index contributed by atoms with van der Waals surface area (Å²) in [5.74, 6) is 1.06. The zero-order valence-corrected chi connectivity index (χ0v) is 22.0. The molecule has 1 atom stereocenters. The van der Waals surface area contributed by atoms with Crippen LogP contribution in [0.15, 0.2) is 83.1 Å². The molecule has 0 amide bonds. The molecule has 2 heterocycles. The second-order valence-corrected chi connectivity index (χ2v) is 9.88. The molecule has 0 saturated carbocycles. The number of nitrogens with zero attached hydrogens (tertiary/aromatic N) is 2. The monoisotopic (exact) mass is 502 g/mol. The summed E-state index contributed by atoms with van der Waals surface area (Å²) in [7, 11) is 0. The predicted molar refractivity (Wildman–Crippen MR) is 143 cm³/mol. The first-order valence-electron chi connectivity index (χ1n) is 10.8. The Morgan fingerprint density at radius 3 is 2.30 bits per heavy atom. The minimum absolute atomic E-state index is 0.281. The van der Waals surface area contributed by atoms with E-state index >= 15 is 0 Å². The van der Waals surface area contributed by atoms with Gasteiger partial charge in [0.2, 0.25) is 0 Å². The maximum atomic E-state index is 11.3. The molecule has 3 nitrogen and oxygen atoms in total. The number of halogens is 2. The number of hydrogen-bond acceptors (Lipinski definition) is 3. The van der Waals surface area contributed by atoms with Gasteiger partial charge in [0.15, 0.2) is 0 Å². The Labute approximate surface area is 212 Å². The van der Waals surface area contributed by atoms with Gasteiger partial charge in [-0.2, -0.15) is 0 Å². The largest absolute Gasteiger partial charge is 0.384 e. The van der Waals surface area contributed by atoms with Crippen LogP contribution in [0.5, 0.6) is 0 Å². The molecule has 0 bridgehead atoms. The van der Waals surface area contributed by atoms with Gasteiger partial charge in [-0.15, -0.1) is 11.8 Å². The van der Waals surface area contributed by atoms with Crippen molar-refractivity contribution in [1.82, 2.24) is 9.55 Å². The van der Waals surface area contributed by atoms with E-state index in [4.69, 9.17) is 23.2 Å². The van der Waals surface area contributed by atoms with Gasteiger partial charge in [-0.25, -0.2) is 0 Å². The summed E-state index contributed by atoms with van der Waals surface area (Å²) in [6.45, 7) is 12.3. The first-order valence-corrected chi connectivity index (χ1v) is 12.6. The van der Waals surface area contributed by atoms with Crippen LogP contribution in [0.4, 0.5) is 0 Å². The second kappa shape index (κ2) is 13.7. The first-order chi connectivity index (χ1) is 15.8. The van der Waals surface area contributed by atoms with Crippen molar-refractivity contribution in [2.24, 2.45) is 0 Å². The lowest BCUT2D eigenvalue weighted by Crippen LogP contribution is -2.06. The molecular weight excluding hydrogens is 471 g/mol. The van der Waals surface area contributed by atoms with Crippen molar-refractivity contribution in [1.29, 1.82) is 0 Å². The molecule has 3 rings (SSSR count). The normalized spacial score (nSPS) is 12.0. The maximum Gasteiger partial charge on any atom is 0.106 e. The summed E-state index contributed by atoms with van der Waals surface area (Å²) >= 11 is 12.6. The molecule has 2 aromatic heterocycles. The van der Waals surface area contributed by atoms with Crippen molar-refractivity contribution < 1.29 is 5.11 Å². The fourth-order valence-electron chi connectivity index (χ4n) is 3.64. The van der Waals surface area contributed by atoms with Gasteiger partial charge in [-0.3, -0.25) is 4.98 Å². The van der Waals surface area contributed by atoms with Crippen LogP contribution in [0.1, 0.15) is 60.7 Å². The molecule has 0 spiro atoms. The zero-order valence-electron chi connectivity index (χ0n) is 19.6. The molecule has 176 valence electrons. The quantitative estimate of drug-likeness (QED) is 0.316. The molecule has 0 saturated heterocycles. The first kappa shape index (κ1) is 27.3. The lowest BCUT2D eigenvalue weighted by atomic mass is 9.93. The van der Waals surface area contributed by atoms with E-state index in [0.717, 1.165) is 29.1 Å². The molecule has 33 heavy (non-hydrogen) atoms.